The highest BCUT2D eigenvalue weighted by molar-refractivity contribution is 7.97. The highest BCUT2D eigenvalue weighted by Crippen LogP contribution is 2.37. The number of halogens is 2. The first-order valence-corrected chi connectivity index (χ1v) is 22.3. The summed E-state index contributed by atoms with van der Waals surface area (Å²) in [4.78, 5) is 42.5. The van der Waals surface area contributed by atoms with E-state index in [0.29, 0.717) is 76.2 Å². The highest BCUT2D eigenvalue weighted by atomic mass is 35.5. The van der Waals surface area contributed by atoms with Gasteiger partial charge in [-0.3, -0.25) is 24.2 Å². The van der Waals surface area contributed by atoms with Gasteiger partial charge in [-0.1, -0.05) is 53.5 Å². The van der Waals surface area contributed by atoms with E-state index in [1.165, 1.54) is 7.11 Å². The molecule has 5 aromatic heterocycles. The molecule has 8 aromatic rings. The molecule has 2 atom stereocenters. The molecule has 14 nitrogen and oxygen atoms in total. The van der Waals surface area contributed by atoms with Crippen molar-refractivity contribution in [2.45, 2.75) is 56.9 Å². The zero-order chi connectivity index (χ0) is 46.5. The van der Waals surface area contributed by atoms with Gasteiger partial charge in [-0.2, -0.15) is 10.4 Å². The monoisotopic (exact) mass is 949 g/mol. The van der Waals surface area contributed by atoms with Gasteiger partial charge in [0.2, 0.25) is 5.43 Å². The van der Waals surface area contributed by atoms with Gasteiger partial charge in [0, 0.05) is 47.4 Å². The van der Waals surface area contributed by atoms with Gasteiger partial charge in [0.15, 0.2) is 32.7 Å². The van der Waals surface area contributed by atoms with E-state index >= 15 is 0 Å². The maximum atomic E-state index is 13.3. The van der Waals surface area contributed by atoms with Gasteiger partial charge in [0.25, 0.3) is 0 Å². The molecule has 18 heteroatoms. The van der Waals surface area contributed by atoms with E-state index in [9.17, 15) is 14.9 Å². The Morgan fingerprint density at radius 1 is 0.785 bits per heavy atom. The van der Waals surface area contributed by atoms with Crippen LogP contribution in [-0.4, -0.2) is 26.9 Å². The van der Waals surface area contributed by atoms with Crippen molar-refractivity contribution in [3.05, 3.63) is 155 Å². The van der Waals surface area contributed by atoms with Gasteiger partial charge in [-0.25, -0.2) is 9.97 Å². The number of rotatable bonds is 12. The second-order valence-electron chi connectivity index (χ2n) is 14.8. The Bertz CT molecular complexity index is 3230. The van der Waals surface area contributed by atoms with Crippen molar-refractivity contribution >= 4 is 69.0 Å². The Morgan fingerprint density at radius 2 is 1.34 bits per heavy atom. The van der Waals surface area contributed by atoms with Crippen molar-refractivity contribution < 1.29 is 23.1 Å². The molecule has 0 amide bonds. The van der Waals surface area contributed by atoms with E-state index in [2.05, 4.69) is 20.0 Å². The van der Waals surface area contributed by atoms with Crippen molar-refractivity contribution in [1.82, 2.24) is 24.6 Å². The van der Waals surface area contributed by atoms with E-state index in [1.807, 2.05) is 82.3 Å². The molecule has 8 rings (SSSR count). The van der Waals surface area contributed by atoms with Crippen LogP contribution in [0.2, 0.25) is 10.3 Å². The van der Waals surface area contributed by atoms with Gasteiger partial charge in [0.1, 0.15) is 51.1 Å². The van der Waals surface area contributed by atoms with E-state index < -0.39 is 17.6 Å². The molecule has 0 spiro atoms. The molecule has 0 radical (unpaired) electrons. The molecule has 0 aliphatic heterocycles. The fourth-order valence-corrected chi connectivity index (χ4v) is 8.39. The molecule has 0 saturated carbocycles. The molecular formula is C47H41Cl2N7O7S2. The van der Waals surface area contributed by atoms with Crippen molar-refractivity contribution in [2.75, 3.05) is 7.11 Å². The Balaban J connectivity index is 0.000000194. The molecule has 3 aromatic carbocycles. The third-order valence-electron chi connectivity index (χ3n) is 10.1. The number of nitriles is 1. The second kappa shape index (κ2) is 20.3. The number of fused-ring (bicyclic) bond motifs is 2. The summed E-state index contributed by atoms with van der Waals surface area (Å²) in [5.74, 6) is 1.70. The number of hydrogen-bond acceptors (Lipinski definition) is 15. The van der Waals surface area contributed by atoms with Crippen LogP contribution in [-0.2, 0) is 11.9 Å². The molecular weight excluding hydrogens is 910 g/mol. The quantitative estimate of drug-likeness (QED) is 0.0667. The lowest BCUT2D eigenvalue weighted by Crippen LogP contribution is -2.12. The first-order chi connectivity index (χ1) is 31.2. The summed E-state index contributed by atoms with van der Waals surface area (Å²) in [7, 11) is 3.25. The molecule has 0 aliphatic carbocycles. The third kappa shape index (κ3) is 10.2. The average Bonchev–Trinajstić information content (AvgIpc) is 3.74. The summed E-state index contributed by atoms with van der Waals surface area (Å²) >= 11 is 14.1. The minimum Gasteiger partial charge on any atom is -0.483 e. The summed E-state index contributed by atoms with van der Waals surface area (Å²) in [6.07, 6.45) is 2.27. The molecule has 65 heavy (non-hydrogen) atoms. The minimum absolute atomic E-state index is 0.0547. The summed E-state index contributed by atoms with van der Waals surface area (Å²) in [5.41, 5.74) is 5.46. The second-order valence-corrected chi connectivity index (χ2v) is 16.9. The normalized spacial score (nSPS) is 12.1. The van der Waals surface area contributed by atoms with Crippen LogP contribution in [0.3, 0.4) is 0 Å². The number of benzene rings is 3. The molecule has 5 heterocycles. The summed E-state index contributed by atoms with van der Waals surface area (Å²) < 4.78 is 26.5. The smallest absolute Gasteiger partial charge is 0.211 e. The third-order valence-corrected chi connectivity index (χ3v) is 11.7. The van der Waals surface area contributed by atoms with Crippen molar-refractivity contribution in [3.63, 3.8) is 0 Å². The molecule has 0 aliphatic rings. The SMILES string of the molecule is CONSc1nc(Cl)ccc1OC(C)c1cc(C)cc2c(=O)c(C)c(-c3ccccc3)oc12.Cc1cc(C(C)Oc2ccc(Cl)nc2SN)c2oc(-c3cnn(C)c3)c(C#N)c(=O)c2c1. The number of aryl methyl sites for hydroxylation is 3. The molecule has 2 unspecified atom stereocenters. The Morgan fingerprint density at radius 3 is 1.88 bits per heavy atom. The van der Waals surface area contributed by atoms with Crippen LogP contribution < -0.4 is 30.4 Å². The number of pyridine rings is 2. The predicted octanol–water partition coefficient (Wildman–Crippen LogP) is 11.0. The van der Waals surface area contributed by atoms with Crippen molar-refractivity contribution in [2.24, 2.45) is 12.2 Å². The van der Waals surface area contributed by atoms with Gasteiger partial charge in [-0.05, 0) is 106 Å². The lowest BCUT2D eigenvalue weighted by molar-refractivity contribution is 0.163. The standard InChI is InChI=1S/C25H23ClN2O4S.C22H18ClN5O3S/c1-14-12-18(16(3)31-20-10-11-21(26)27-25(20)33-28-30-4)24-19(13-14)22(29)15(2)23(32-24)17-8-6-5-7-9-17;1-11-6-14(12(2)30-17-4-5-18(23)27-22(17)32-25)21-15(7-11)19(29)16(8-24)20(31-21)13-9-26-28(3)10-13/h5-13,16,28H,1-4H3;4-7,9-10,12H,25H2,1-3H3. The van der Waals surface area contributed by atoms with Gasteiger partial charge in [-0.15, -0.1) is 4.89 Å². The van der Waals surface area contributed by atoms with E-state index in [0.717, 1.165) is 46.1 Å². The van der Waals surface area contributed by atoms with Crippen LogP contribution in [0.15, 0.2) is 120 Å². The predicted molar refractivity (Wildman–Crippen MR) is 254 cm³/mol. The molecule has 0 fully saturated rings. The molecule has 332 valence electrons. The molecule has 0 bridgehead atoms. The van der Waals surface area contributed by atoms with Crippen LogP contribution in [0.4, 0.5) is 0 Å². The van der Waals surface area contributed by atoms with Gasteiger partial charge < -0.3 is 18.3 Å². The van der Waals surface area contributed by atoms with Crippen LogP contribution in [0.5, 0.6) is 11.5 Å². The van der Waals surface area contributed by atoms with E-state index in [-0.39, 0.29) is 16.8 Å². The summed E-state index contributed by atoms with van der Waals surface area (Å²) in [6.45, 7) is 9.34. The topological polar surface area (TPSA) is 194 Å². The highest BCUT2D eigenvalue weighted by Gasteiger charge is 2.24. The Labute approximate surface area is 391 Å². The largest absolute Gasteiger partial charge is 0.483 e. The average molecular weight is 951 g/mol. The van der Waals surface area contributed by atoms with E-state index in [1.54, 1.807) is 61.4 Å². The number of nitrogens with one attached hydrogen (secondary N) is 1. The van der Waals surface area contributed by atoms with E-state index in [4.69, 9.17) is 51.5 Å². The van der Waals surface area contributed by atoms with Crippen LogP contribution in [0.25, 0.3) is 44.6 Å². The number of ether oxygens (including phenoxy) is 2. The van der Waals surface area contributed by atoms with Crippen LogP contribution in [0, 0.1) is 32.1 Å². The first-order valence-electron chi connectivity index (χ1n) is 19.8. The molecule has 0 saturated heterocycles. The summed E-state index contributed by atoms with van der Waals surface area (Å²) in [6, 6.07) is 25.7. The van der Waals surface area contributed by atoms with Gasteiger partial charge in [0.05, 0.1) is 29.6 Å². The van der Waals surface area contributed by atoms with Crippen LogP contribution in [0.1, 0.15) is 59.4 Å². The maximum Gasteiger partial charge on any atom is 0.211 e. The minimum atomic E-state index is -0.524. The fourth-order valence-electron chi connectivity index (χ4n) is 7.09. The number of nitrogens with zero attached hydrogens (tertiary/aromatic N) is 5. The zero-order valence-corrected chi connectivity index (χ0v) is 39.2. The van der Waals surface area contributed by atoms with Crippen LogP contribution >= 0.6 is 47.1 Å². The lowest BCUT2D eigenvalue weighted by Gasteiger charge is -2.19. The van der Waals surface area contributed by atoms with Gasteiger partial charge >= 0.3 is 0 Å². The number of hydrogen-bond donors (Lipinski definition) is 2. The number of aromatic nitrogens is 4. The lowest BCUT2D eigenvalue weighted by atomic mass is 10.00. The summed E-state index contributed by atoms with van der Waals surface area (Å²) in [5, 5.41) is 21.9. The zero-order valence-electron chi connectivity index (χ0n) is 36.1. The van der Waals surface area contributed by atoms with Crippen molar-refractivity contribution in [3.8, 4) is 40.2 Å². The van der Waals surface area contributed by atoms with Crippen molar-refractivity contribution in [1.29, 1.82) is 5.26 Å². The Kier molecular flexibility index (Phi) is 14.7. The fraction of sp³-hybridized carbons (Fsp3) is 0.191. The maximum absolute atomic E-state index is 13.3. The molecule has 3 N–H and O–H groups in total. The number of nitrogens with two attached hydrogens (primary N) is 1. The Hall–Kier alpha value is -6.16. The first kappa shape index (κ1) is 46.8.